The molecule has 0 saturated carbocycles. The van der Waals surface area contributed by atoms with Gasteiger partial charge >= 0.3 is 12.0 Å². The molecule has 10 heteroatoms. The first-order chi connectivity index (χ1) is 16.0. The van der Waals surface area contributed by atoms with Crippen LogP contribution >= 0.6 is 0 Å². The largest absolute Gasteiger partial charge is 0.497 e. The van der Waals surface area contributed by atoms with Gasteiger partial charge in [-0.2, -0.15) is 0 Å². The molecule has 1 aromatic heterocycles. The molecule has 1 aromatic carbocycles. The molecule has 10 nitrogen and oxygen atoms in total. The normalized spacial score (nSPS) is 19.0. The SMILES string of the molecule is COC(=O)C1=C(CN2CCN(C(=O)c3ccco3)CC2)NC(=O)N[C@@H]1c1ccc(OC)cc1. The molecule has 4 rings (SSSR count). The van der Waals surface area contributed by atoms with E-state index in [9.17, 15) is 14.4 Å². The van der Waals surface area contributed by atoms with Gasteiger partial charge in [0.1, 0.15) is 5.75 Å². The molecule has 1 saturated heterocycles. The molecule has 0 unspecified atom stereocenters. The van der Waals surface area contributed by atoms with Crippen LogP contribution in [0, 0.1) is 0 Å². The molecule has 1 atom stereocenters. The van der Waals surface area contributed by atoms with E-state index >= 15 is 0 Å². The Hall–Kier alpha value is -3.79. The summed E-state index contributed by atoms with van der Waals surface area (Å²) >= 11 is 0. The van der Waals surface area contributed by atoms with Gasteiger partial charge in [-0.3, -0.25) is 9.69 Å². The van der Waals surface area contributed by atoms with Crippen LogP contribution < -0.4 is 15.4 Å². The van der Waals surface area contributed by atoms with Crippen molar-refractivity contribution in [2.75, 3.05) is 46.9 Å². The number of urea groups is 1. The number of methoxy groups -OCH3 is 2. The van der Waals surface area contributed by atoms with Crippen molar-refractivity contribution in [1.29, 1.82) is 0 Å². The summed E-state index contributed by atoms with van der Waals surface area (Å²) in [7, 11) is 2.88. The number of benzene rings is 1. The van der Waals surface area contributed by atoms with Crippen molar-refractivity contribution in [2.45, 2.75) is 6.04 Å². The first-order valence-electron chi connectivity index (χ1n) is 10.6. The molecular weight excluding hydrogens is 428 g/mol. The van der Waals surface area contributed by atoms with Crippen LogP contribution in [-0.2, 0) is 9.53 Å². The van der Waals surface area contributed by atoms with Crippen molar-refractivity contribution in [3.63, 3.8) is 0 Å². The fourth-order valence-corrected chi connectivity index (χ4v) is 4.03. The summed E-state index contributed by atoms with van der Waals surface area (Å²) in [5, 5.41) is 5.58. The molecule has 2 aliphatic rings. The lowest BCUT2D eigenvalue weighted by molar-refractivity contribution is -0.136. The number of hydrogen-bond acceptors (Lipinski definition) is 7. The van der Waals surface area contributed by atoms with Gasteiger partial charge in [0.15, 0.2) is 5.76 Å². The maximum atomic E-state index is 12.7. The average Bonchev–Trinajstić information content (AvgIpc) is 3.38. The van der Waals surface area contributed by atoms with Crippen molar-refractivity contribution in [2.24, 2.45) is 0 Å². The van der Waals surface area contributed by atoms with Crippen LogP contribution in [0.15, 0.2) is 58.3 Å². The zero-order chi connectivity index (χ0) is 23.4. The Labute approximate surface area is 191 Å². The van der Waals surface area contributed by atoms with E-state index in [1.807, 2.05) is 0 Å². The molecule has 1 fully saturated rings. The minimum Gasteiger partial charge on any atom is -0.497 e. The summed E-state index contributed by atoms with van der Waals surface area (Å²) in [5.74, 6) is 0.311. The topological polar surface area (TPSA) is 113 Å². The lowest BCUT2D eigenvalue weighted by Gasteiger charge is -2.36. The highest BCUT2D eigenvalue weighted by atomic mass is 16.5. The van der Waals surface area contributed by atoms with E-state index in [4.69, 9.17) is 13.9 Å². The molecule has 174 valence electrons. The molecule has 33 heavy (non-hydrogen) atoms. The summed E-state index contributed by atoms with van der Waals surface area (Å²) < 4.78 is 15.4. The quantitative estimate of drug-likeness (QED) is 0.637. The van der Waals surface area contributed by atoms with Crippen molar-refractivity contribution in [3.8, 4) is 5.75 Å². The zero-order valence-corrected chi connectivity index (χ0v) is 18.5. The van der Waals surface area contributed by atoms with E-state index in [1.165, 1.54) is 13.4 Å². The first kappa shape index (κ1) is 22.4. The molecule has 0 aliphatic carbocycles. The van der Waals surface area contributed by atoms with E-state index in [-0.39, 0.29) is 5.91 Å². The highest BCUT2D eigenvalue weighted by molar-refractivity contribution is 5.95. The Kier molecular flexibility index (Phi) is 6.64. The minimum atomic E-state index is -0.658. The fraction of sp³-hybridized carbons (Fsp3) is 0.348. The van der Waals surface area contributed by atoms with Gasteiger partial charge in [0.25, 0.3) is 5.91 Å². The monoisotopic (exact) mass is 454 g/mol. The van der Waals surface area contributed by atoms with Crippen molar-refractivity contribution < 1.29 is 28.3 Å². The van der Waals surface area contributed by atoms with E-state index < -0.39 is 18.0 Å². The van der Waals surface area contributed by atoms with Gasteiger partial charge < -0.3 is 29.4 Å². The van der Waals surface area contributed by atoms with Gasteiger partial charge in [-0.15, -0.1) is 0 Å². The van der Waals surface area contributed by atoms with Gasteiger partial charge in [0, 0.05) is 38.4 Å². The highest BCUT2D eigenvalue weighted by Gasteiger charge is 2.34. The molecule has 3 heterocycles. The van der Waals surface area contributed by atoms with Gasteiger partial charge in [-0.05, 0) is 29.8 Å². The summed E-state index contributed by atoms with van der Waals surface area (Å²) in [6, 6.07) is 9.42. The van der Waals surface area contributed by atoms with Crippen LogP contribution in [0.5, 0.6) is 5.75 Å². The fourth-order valence-electron chi connectivity index (χ4n) is 4.03. The number of rotatable bonds is 6. The van der Waals surface area contributed by atoms with Crippen molar-refractivity contribution >= 4 is 17.9 Å². The predicted molar refractivity (Wildman–Crippen MR) is 117 cm³/mol. The van der Waals surface area contributed by atoms with Gasteiger partial charge in [-0.25, -0.2) is 9.59 Å². The van der Waals surface area contributed by atoms with Gasteiger partial charge in [0.2, 0.25) is 0 Å². The van der Waals surface area contributed by atoms with E-state index in [0.717, 1.165) is 5.56 Å². The third-order valence-electron chi connectivity index (χ3n) is 5.78. The van der Waals surface area contributed by atoms with Crippen LogP contribution in [0.25, 0.3) is 0 Å². The molecule has 0 radical (unpaired) electrons. The summed E-state index contributed by atoms with van der Waals surface area (Å²) in [6.07, 6.45) is 1.48. The maximum Gasteiger partial charge on any atom is 0.338 e. The Morgan fingerprint density at radius 2 is 1.82 bits per heavy atom. The van der Waals surface area contributed by atoms with E-state index in [2.05, 4.69) is 15.5 Å². The van der Waals surface area contributed by atoms with Crippen LogP contribution in [0.3, 0.4) is 0 Å². The third kappa shape index (κ3) is 4.85. The summed E-state index contributed by atoms with van der Waals surface area (Å²) in [5.41, 5.74) is 1.56. The number of piperazine rings is 1. The summed E-state index contributed by atoms with van der Waals surface area (Å²) in [4.78, 5) is 41.5. The van der Waals surface area contributed by atoms with Gasteiger partial charge in [0.05, 0.1) is 32.1 Å². The first-order valence-corrected chi connectivity index (χ1v) is 10.6. The second kappa shape index (κ2) is 9.78. The number of furan rings is 1. The van der Waals surface area contributed by atoms with Crippen molar-refractivity contribution in [3.05, 3.63) is 65.3 Å². The molecule has 3 amide bonds. The van der Waals surface area contributed by atoms with Crippen molar-refractivity contribution in [1.82, 2.24) is 20.4 Å². The number of ether oxygens (including phenoxy) is 2. The number of esters is 1. The lowest BCUT2D eigenvalue weighted by atomic mass is 9.95. The van der Waals surface area contributed by atoms with Crippen LogP contribution in [0.1, 0.15) is 22.2 Å². The zero-order valence-electron chi connectivity index (χ0n) is 18.5. The standard InChI is InChI=1S/C23H26N4O6/c1-31-16-7-5-15(6-8-16)20-19(22(29)32-2)17(24-23(30)25-20)14-26-9-11-27(12-10-26)21(28)18-4-3-13-33-18/h3-8,13,20H,9-12,14H2,1-2H3,(H2,24,25,30)/t20-/m1/s1. The summed E-state index contributed by atoms with van der Waals surface area (Å²) in [6.45, 7) is 2.53. The minimum absolute atomic E-state index is 0.149. The molecule has 2 aromatic rings. The highest BCUT2D eigenvalue weighted by Crippen LogP contribution is 2.29. The smallest absolute Gasteiger partial charge is 0.338 e. The Morgan fingerprint density at radius 3 is 2.42 bits per heavy atom. The Bertz CT molecular complexity index is 1040. The Balaban J connectivity index is 1.52. The number of nitrogens with one attached hydrogen (secondary N) is 2. The number of carbonyl (C=O) groups excluding carboxylic acids is 3. The third-order valence-corrected chi connectivity index (χ3v) is 5.78. The molecule has 0 bridgehead atoms. The van der Waals surface area contributed by atoms with Crippen LogP contribution in [0.4, 0.5) is 4.79 Å². The number of amides is 3. The molecule has 2 N–H and O–H groups in total. The average molecular weight is 454 g/mol. The predicted octanol–water partition coefficient (Wildman–Crippen LogP) is 1.53. The van der Waals surface area contributed by atoms with E-state index in [0.29, 0.717) is 55.5 Å². The maximum absolute atomic E-state index is 12.7. The van der Waals surface area contributed by atoms with Gasteiger partial charge in [-0.1, -0.05) is 12.1 Å². The number of nitrogens with zero attached hydrogens (tertiary/aromatic N) is 2. The molecule has 2 aliphatic heterocycles. The molecule has 0 spiro atoms. The Morgan fingerprint density at radius 1 is 1.09 bits per heavy atom. The molecular formula is C23H26N4O6. The second-order valence-electron chi connectivity index (χ2n) is 7.73. The number of carbonyl (C=O) groups is 3. The lowest BCUT2D eigenvalue weighted by Crippen LogP contribution is -2.52. The number of hydrogen-bond donors (Lipinski definition) is 2. The van der Waals surface area contributed by atoms with Crippen LogP contribution in [-0.4, -0.2) is 74.7 Å². The van der Waals surface area contributed by atoms with E-state index in [1.54, 1.807) is 48.4 Å². The van der Waals surface area contributed by atoms with Crippen LogP contribution in [0.2, 0.25) is 0 Å². The second-order valence-corrected chi connectivity index (χ2v) is 7.73.